The maximum Gasteiger partial charge on any atom is 0.348 e. The van der Waals surface area contributed by atoms with Crippen molar-refractivity contribution in [3.63, 3.8) is 0 Å². The molecule has 3 aromatic heterocycles. The third kappa shape index (κ3) is 4.56. The van der Waals surface area contributed by atoms with Gasteiger partial charge >= 0.3 is 5.97 Å². The zero-order chi connectivity index (χ0) is 26.2. The number of nitrogens with zero attached hydrogens (tertiary/aromatic N) is 4. The van der Waals surface area contributed by atoms with Gasteiger partial charge in [-0.1, -0.05) is 35.9 Å². The second-order valence-corrected chi connectivity index (χ2v) is 10.3. The standard InChI is InChI=1S/C28H21ClN4O4S/c29-20-8-6-19(7-9-20)27(34)33(21-10-13-37-16-21)23-15-24(38-26(23)28(35)36)18-4-2-17(3-5-18)22-14-25-30-11-1-12-32(25)31-22/h1-9,11-12,14-15,21H,10,13,16H2,(H,35,36). The SMILES string of the molecule is O=C(O)c1sc(-c2ccc(-c3cc4ncccn4n3)cc2)cc1N(C(=O)c1ccc(Cl)cc1)C1CCOC1. The number of carbonyl (C=O) groups is 2. The Labute approximate surface area is 226 Å². The summed E-state index contributed by atoms with van der Waals surface area (Å²) in [7, 11) is 0. The largest absolute Gasteiger partial charge is 0.477 e. The van der Waals surface area contributed by atoms with E-state index in [0.717, 1.165) is 38.7 Å². The summed E-state index contributed by atoms with van der Waals surface area (Å²) in [5.41, 5.74) is 4.09. The molecule has 1 amide bonds. The van der Waals surface area contributed by atoms with Crippen molar-refractivity contribution in [1.29, 1.82) is 0 Å². The van der Waals surface area contributed by atoms with E-state index in [1.165, 1.54) is 0 Å². The highest BCUT2D eigenvalue weighted by Crippen LogP contribution is 2.40. The van der Waals surface area contributed by atoms with Gasteiger partial charge in [-0.15, -0.1) is 11.3 Å². The van der Waals surface area contributed by atoms with Crippen LogP contribution in [0.4, 0.5) is 5.69 Å². The van der Waals surface area contributed by atoms with Crippen LogP contribution in [0.5, 0.6) is 0 Å². The van der Waals surface area contributed by atoms with Gasteiger partial charge in [0.05, 0.1) is 24.0 Å². The molecule has 38 heavy (non-hydrogen) atoms. The number of amides is 1. The maximum absolute atomic E-state index is 13.7. The molecule has 0 bridgehead atoms. The van der Waals surface area contributed by atoms with Gasteiger partial charge in [-0.25, -0.2) is 14.3 Å². The van der Waals surface area contributed by atoms with Gasteiger partial charge in [0.25, 0.3) is 5.91 Å². The number of aromatic carboxylic acids is 1. The van der Waals surface area contributed by atoms with Gasteiger partial charge in [-0.05, 0) is 48.4 Å². The maximum atomic E-state index is 13.7. The van der Waals surface area contributed by atoms with Gasteiger partial charge < -0.3 is 14.7 Å². The fraction of sp³-hybridized carbons (Fsp3) is 0.143. The van der Waals surface area contributed by atoms with E-state index in [2.05, 4.69) is 10.1 Å². The number of fused-ring (bicyclic) bond motifs is 1. The number of anilines is 1. The van der Waals surface area contributed by atoms with Crippen molar-refractivity contribution in [1.82, 2.24) is 14.6 Å². The van der Waals surface area contributed by atoms with Crippen LogP contribution in [-0.4, -0.2) is 50.8 Å². The number of aromatic nitrogens is 3. The molecule has 2 aromatic carbocycles. The Kier molecular flexibility index (Phi) is 6.40. The second kappa shape index (κ2) is 10.0. The molecule has 0 spiro atoms. The van der Waals surface area contributed by atoms with E-state index in [-0.39, 0.29) is 16.8 Å². The Morgan fingerprint density at radius 1 is 1.08 bits per heavy atom. The quantitative estimate of drug-likeness (QED) is 0.285. The van der Waals surface area contributed by atoms with Crippen LogP contribution >= 0.6 is 22.9 Å². The van der Waals surface area contributed by atoms with Crippen LogP contribution in [0.15, 0.2) is 79.1 Å². The summed E-state index contributed by atoms with van der Waals surface area (Å²) < 4.78 is 7.28. The topological polar surface area (TPSA) is 97.0 Å². The molecule has 1 atom stereocenters. The van der Waals surface area contributed by atoms with Crippen molar-refractivity contribution in [3.8, 4) is 21.7 Å². The first kappa shape index (κ1) is 24.3. The number of carbonyl (C=O) groups excluding carboxylic acids is 1. The number of rotatable bonds is 6. The molecule has 1 aliphatic rings. The van der Waals surface area contributed by atoms with Gasteiger partial charge in [0, 0.05) is 46.1 Å². The van der Waals surface area contributed by atoms with Crippen LogP contribution in [0.1, 0.15) is 26.5 Å². The number of halogens is 1. The number of thiophene rings is 1. The lowest BCUT2D eigenvalue weighted by molar-refractivity contribution is 0.0702. The lowest BCUT2D eigenvalue weighted by atomic mass is 10.1. The summed E-state index contributed by atoms with van der Waals surface area (Å²) in [6, 6.07) is 19.6. The Bertz CT molecular complexity index is 1610. The third-order valence-electron chi connectivity index (χ3n) is 6.45. The molecule has 1 fully saturated rings. The molecular weight excluding hydrogens is 524 g/mol. The Hall–Kier alpha value is -4.05. The van der Waals surface area contributed by atoms with Gasteiger partial charge in [0.15, 0.2) is 5.65 Å². The summed E-state index contributed by atoms with van der Waals surface area (Å²) >= 11 is 7.16. The first-order chi connectivity index (χ1) is 18.5. The average Bonchev–Trinajstić information content (AvgIpc) is 3.69. The van der Waals surface area contributed by atoms with Crippen molar-refractivity contribution in [2.45, 2.75) is 12.5 Å². The monoisotopic (exact) mass is 544 g/mol. The smallest absolute Gasteiger partial charge is 0.348 e. The van der Waals surface area contributed by atoms with Gasteiger partial charge in [0.1, 0.15) is 4.88 Å². The van der Waals surface area contributed by atoms with E-state index < -0.39 is 5.97 Å². The molecule has 1 saturated heterocycles. The second-order valence-electron chi connectivity index (χ2n) is 8.86. The highest BCUT2D eigenvalue weighted by molar-refractivity contribution is 7.18. The van der Waals surface area contributed by atoms with Crippen LogP contribution in [0.2, 0.25) is 5.02 Å². The van der Waals surface area contributed by atoms with Crippen molar-refractivity contribution < 1.29 is 19.4 Å². The Morgan fingerprint density at radius 2 is 1.84 bits per heavy atom. The molecule has 1 aliphatic heterocycles. The van der Waals surface area contributed by atoms with Crippen LogP contribution in [-0.2, 0) is 4.74 Å². The molecule has 1 unspecified atom stereocenters. The summed E-state index contributed by atoms with van der Waals surface area (Å²) in [4.78, 5) is 32.7. The molecule has 6 rings (SSSR count). The van der Waals surface area contributed by atoms with E-state index >= 15 is 0 Å². The van der Waals surface area contributed by atoms with Gasteiger partial charge in [-0.3, -0.25) is 4.79 Å². The number of hydrogen-bond donors (Lipinski definition) is 1. The van der Waals surface area contributed by atoms with Crippen molar-refractivity contribution in [2.24, 2.45) is 0 Å². The molecule has 5 aromatic rings. The highest BCUT2D eigenvalue weighted by atomic mass is 35.5. The van der Waals surface area contributed by atoms with Crippen LogP contribution < -0.4 is 4.90 Å². The lowest BCUT2D eigenvalue weighted by Gasteiger charge is -2.28. The first-order valence-corrected chi connectivity index (χ1v) is 13.1. The molecule has 0 saturated carbocycles. The van der Waals surface area contributed by atoms with Crippen LogP contribution in [0, 0.1) is 0 Å². The van der Waals surface area contributed by atoms with Gasteiger partial charge in [-0.2, -0.15) is 5.10 Å². The number of carboxylic acids is 1. The molecule has 8 nitrogen and oxygen atoms in total. The zero-order valence-corrected chi connectivity index (χ0v) is 21.5. The zero-order valence-electron chi connectivity index (χ0n) is 20.0. The fourth-order valence-electron chi connectivity index (χ4n) is 4.56. The third-order valence-corrected chi connectivity index (χ3v) is 7.86. The highest BCUT2D eigenvalue weighted by Gasteiger charge is 2.34. The summed E-state index contributed by atoms with van der Waals surface area (Å²) in [6.45, 7) is 0.848. The first-order valence-electron chi connectivity index (χ1n) is 11.9. The minimum absolute atomic E-state index is 0.102. The minimum Gasteiger partial charge on any atom is -0.477 e. The van der Waals surface area contributed by atoms with Crippen molar-refractivity contribution >= 4 is 46.1 Å². The molecule has 4 heterocycles. The Balaban J connectivity index is 1.37. The van der Waals surface area contributed by atoms with Crippen LogP contribution in [0.25, 0.3) is 27.3 Å². The summed E-state index contributed by atoms with van der Waals surface area (Å²) in [6.07, 6.45) is 4.18. The molecule has 1 N–H and O–H groups in total. The number of hydrogen-bond acceptors (Lipinski definition) is 6. The summed E-state index contributed by atoms with van der Waals surface area (Å²) in [5, 5.41) is 15.2. The minimum atomic E-state index is -1.09. The fourth-order valence-corrected chi connectivity index (χ4v) is 5.68. The van der Waals surface area contributed by atoms with Crippen molar-refractivity contribution in [2.75, 3.05) is 18.1 Å². The number of carboxylic acid groups (broad SMARTS) is 1. The van der Waals surface area contributed by atoms with E-state index in [0.29, 0.717) is 35.9 Å². The van der Waals surface area contributed by atoms with E-state index in [9.17, 15) is 14.7 Å². The van der Waals surface area contributed by atoms with Crippen molar-refractivity contribution in [3.05, 3.63) is 94.6 Å². The Morgan fingerprint density at radius 3 is 2.53 bits per heavy atom. The predicted molar refractivity (Wildman–Crippen MR) is 146 cm³/mol. The summed E-state index contributed by atoms with van der Waals surface area (Å²) in [5.74, 6) is -1.38. The van der Waals surface area contributed by atoms with E-state index in [1.807, 2.05) is 42.6 Å². The predicted octanol–water partition coefficient (Wildman–Crippen LogP) is 5.91. The van der Waals surface area contributed by atoms with Crippen LogP contribution in [0.3, 0.4) is 0 Å². The average molecular weight is 545 g/mol. The molecule has 10 heteroatoms. The van der Waals surface area contributed by atoms with E-state index in [4.69, 9.17) is 16.3 Å². The number of ether oxygens (including phenoxy) is 1. The van der Waals surface area contributed by atoms with E-state index in [1.54, 1.807) is 45.9 Å². The van der Waals surface area contributed by atoms with Gasteiger partial charge in [0.2, 0.25) is 0 Å². The molecule has 190 valence electrons. The number of benzene rings is 2. The molecule has 0 aliphatic carbocycles. The molecular formula is C28H21ClN4O4S. The molecule has 0 radical (unpaired) electrons. The lowest BCUT2D eigenvalue weighted by Crippen LogP contribution is -2.41. The normalized spacial score (nSPS) is 15.1.